The van der Waals surface area contributed by atoms with Gasteiger partial charge in [-0.2, -0.15) is 11.8 Å². The quantitative estimate of drug-likeness (QED) is 0.682. The van der Waals surface area contributed by atoms with Crippen LogP contribution >= 0.6 is 11.8 Å². The number of ether oxygens (including phenoxy) is 1. The van der Waals surface area contributed by atoms with Crippen LogP contribution in [0.25, 0.3) is 0 Å². The predicted octanol–water partition coefficient (Wildman–Crippen LogP) is 2.94. The number of rotatable bonds is 6. The Hall–Kier alpha value is -2.35. The van der Waals surface area contributed by atoms with Crippen molar-refractivity contribution in [2.75, 3.05) is 24.6 Å². The van der Waals surface area contributed by atoms with Crippen LogP contribution in [0.1, 0.15) is 35.1 Å². The number of piperidine rings is 1. The highest BCUT2D eigenvalue weighted by atomic mass is 32.2. The van der Waals surface area contributed by atoms with Crippen LogP contribution in [0.4, 0.5) is 0 Å². The van der Waals surface area contributed by atoms with Crippen LogP contribution < -0.4 is 10.1 Å². The number of hydrogen-bond donors (Lipinski definition) is 1. The number of carbonyl (C=O) groups is 2. The van der Waals surface area contributed by atoms with Crippen LogP contribution in [0.15, 0.2) is 42.5 Å². The highest BCUT2D eigenvalue weighted by Gasteiger charge is 2.35. The predicted molar refractivity (Wildman–Crippen MR) is 125 cm³/mol. The number of carbonyl (C=O) groups excluding carboxylic acids is 2. The van der Waals surface area contributed by atoms with E-state index < -0.39 is 0 Å². The molecule has 0 aromatic heterocycles. The van der Waals surface area contributed by atoms with E-state index >= 15 is 0 Å². The Balaban J connectivity index is 1.19. The monoisotopic (exact) mass is 451 g/mol. The topological polar surface area (TPSA) is 61.9 Å². The molecule has 0 aliphatic carbocycles. The summed E-state index contributed by atoms with van der Waals surface area (Å²) in [7, 11) is 0. The molecular formula is C25H29N3O3S. The van der Waals surface area contributed by atoms with Crippen molar-refractivity contribution in [3.05, 3.63) is 64.7 Å². The summed E-state index contributed by atoms with van der Waals surface area (Å²) in [5.74, 6) is 2.99. The molecule has 5 rings (SSSR count). The van der Waals surface area contributed by atoms with Gasteiger partial charge in [-0.25, -0.2) is 0 Å². The highest BCUT2D eigenvalue weighted by Crippen LogP contribution is 2.33. The fourth-order valence-corrected chi connectivity index (χ4v) is 5.70. The van der Waals surface area contributed by atoms with Crippen molar-refractivity contribution in [3.8, 4) is 5.75 Å². The molecule has 0 spiro atoms. The van der Waals surface area contributed by atoms with E-state index in [1.807, 2.05) is 23.9 Å². The SMILES string of the molecule is O=C1CCC(N2Cc3cccc(OCc4ccc(CN5CCSCC5)cc4)c3C2)C(=O)N1. The molecule has 2 aromatic carbocycles. The molecule has 2 fully saturated rings. The highest BCUT2D eigenvalue weighted by molar-refractivity contribution is 7.99. The van der Waals surface area contributed by atoms with Gasteiger partial charge in [0.05, 0.1) is 6.04 Å². The van der Waals surface area contributed by atoms with E-state index in [-0.39, 0.29) is 17.9 Å². The average molecular weight is 452 g/mol. The van der Waals surface area contributed by atoms with Crippen molar-refractivity contribution in [2.24, 2.45) is 0 Å². The Kier molecular flexibility index (Phi) is 6.48. The third-order valence-corrected chi connectivity index (χ3v) is 7.49. The lowest BCUT2D eigenvalue weighted by molar-refractivity contribution is -0.137. The number of thioether (sulfide) groups is 1. The Morgan fingerprint density at radius 3 is 2.56 bits per heavy atom. The first kappa shape index (κ1) is 21.5. The molecule has 3 aliphatic rings. The molecule has 0 saturated carbocycles. The van der Waals surface area contributed by atoms with Crippen LogP contribution in [0.3, 0.4) is 0 Å². The van der Waals surface area contributed by atoms with Gasteiger partial charge in [0, 0.05) is 56.2 Å². The largest absolute Gasteiger partial charge is 0.489 e. The molecule has 3 aliphatic heterocycles. The third-order valence-electron chi connectivity index (χ3n) is 6.54. The molecule has 7 heteroatoms. The minimum absolute atomic E-state index is 0.173. The first-order chi connectivity index (χ1) is 15.7. The molecule has 2 saturated heterocycles. The molecule has 3 heterocycles. The first-order valence-electron chi connectivity index (χ1n) is 11.3. The lowest BCUT2D eigenvalue weighted by atomic mass is 10.0. The second-order valence-corrected chi connectivity index (χ2v) is 9.98. The van der Waals surface area contributed by atoms with Gasteiger partial charge in [-0.3, -0.25) is 24.7 Å². The number of imide groups is 1. The Morgan fingerprint density at radius 1 is 1.00 bits per heavy atom. The van der Waals surface area contributed by atoms with Crippen molar-refractivity contribution >= 4 is 23.6 Å². The minimum atomic E-state index is -0.251. The maximum atomic E-state index is 12.3. The fourth-order valence-electron chi connectivity index (χ4n) is 4.72. The molecule has 2 aromatic rings. The number of hydrogen-bond acceptors (Lipinski definition) is 6. The lowest BCUT2D eigenvalue weighted by Crippen LogP contribution is -2.50. The van der Waals surface area contributed by atoms with Gasteiger partial charge in [0.25, 0.3) is 0 Å². The van der Waals surface area contributed by atoms with Gasteiger partial charge in [0.2, 0.25) is 11.8 Å². The smallest absolute Gasteiger partial charge is 0.243 e. The summed E-state index contributed by atoms with van der Waals surface area (Å²) in [4.78, 5) is 28.4. The second-order valence-electron chi connectivity index (χ2n) is 8.76. The molecule has 0 radical (unpaired) electrons. The standard InChI is InChI=1S/C25H29N3O3S/c29-24-9-8-22(25(30)26-24)28-15-20-2-1-3-23(21(20)16-28)31-17-19-6-4-18(5-7-19)14-27-10-12-32-13-11-27/h1-7,22H,8-17H2,(H,26,29,30). The van der Waals surface area contributed by atoms with E-state index in [9.17, 15) is 9.59 Å². The summed E-state index contributed by atoms with van der Waals surface area (Å²) in [5.41, 5.74) is 4.85. The van der Waals surface area contributed by atoms with Crippen molar-refractivity contribution in [3.63, 3.8) is 0 Å². The van der Waals surface area contributed by atoms with E-state index in [0.29, 0.717) is 32.5 Å². The van der Waals surface area contributed by atoms with Gasteiger partial charge in [-0.15, -0.1) is 0 Å². The molecule has 2 amide bonds. The number of nitrogens with one attached hydrogen (secondary N) is 1. The van der Waals surface area contributed by atoms with Crippen LogP contribution in [0, 0.1) is 0 Å². The van der Waals surface area contributed by atoms with Crippen molar-refractivity contribution in [1.29, 1.82) is 0 Å². The summed E-state index contributed by atoms with van der Waals surface area (Å²) in [6, 6.07) is 14.6. The maximum absolute atomic E-state index is 12.3. The zero-order valence-electron chi connectivity index (χ0n) is 18.2. The van der Waals surface area contributed by atoms with Gasteiger partial charge in [-0.1, -0.05) is 36.4 Å². The summed E-state index contributed by atoms with van der Waals surface area (Å²) in [6.07, 6.45) is 0.983. The van der Waals surface area contributed by atoms with Crippen molar-refractivity contribution < 1.29 is 14.3 Å². The number of nitrogens with zero attached hydrogens (tertiary/aromatic N) is 2. The van der Waals surface area contributed by atoms with Gasteiger partial charge >= 0.3 is 0 Å². The molecule has 1 N–H and O–H groups in total. The Morgan fingerprint density at radius 2 is 1.78 bits per heavy atom. The van der Waals surface area contributed by atoms with E-state index in [0.717, 1.165) is 23.4 Å². The van der Waals surface area contributed by atoms with E-state index in [1.165, 1.54) is 35.7 Å². The first-order valence-corrected chi connectivity index (χ1v) is 12.5. The zero-order valence-corrected chi connectivity index (χ0v) is 19.0. The summed E-state index contributed by atoms with van der Waals surface area (Å²) in [6.45, 7) is 5.27. The summed E-state index contributed by atoms with van der Waals surface area (Å²) < 4.78 is 6.21. The van der Waals surface area contributed by atoms with E-state index in [2.05, 4.69) is 45.4 Å². The number of benzene rings is 2. The molecular weight excluding hydrogens is 422 g/mol. The number of amides is 2. The molecule has 6 nitrogen and oxygen atoms in total. The molecule has 1 atom stereocenters. The summed E-state index contributed by atoms with van der Waals surface area (Å²) in [5, 5.41) is 2.47. The maximum Gasteiger partial charge on any atom is 0.243 e. The molecule has 1 unspecified atom stereocenters. The van der Waals surface area contributed by atoms with Crippen LogP contribution in [-0.2, 0) is 35.8 Å². The zero-order chi connectivity index (χ0) is 21.9. The van der Waals surface area contributed by atoms with Gasteiger partial charge in [0.15, 0.2) is 0 Å². The van der Waals surface area contributed by atoms with Crippen molar-refractivity contribution in [1.82, 2.24) is 15.1 Å². The van der Waals surface area contributed by atoms with E-state index in [4.69, 9.17) is 4.74 Å². The minimum Gasteiger partial charge on any atom is -0.489 e. The lowest BCUT2D eigenvalue weighted by Gasteiger charge is -2.29. The normalized spacial score (nSPS) is 21.9. The summed E-state index contributed by atoms with van der Waals surface area (Å²) >= 11 is 2.04. The fraction of sp³-hybridized carbons (Fsp3) is 0.440. The third kappa shape index (κ3) is 4.85. The van der Waals surface area contributed by atoms with Crippen LogP contribution in [0.5, 0.6) is 5.75 Å². The van der Waals surface area contributed by atoms with Crippen LogP contribution in [-0.4, -0.2) is 52.3 Å². The Bertz CT molecular complexity index is 988. The van der Waals surface area contributed by atoms with Gasteiger partial charge in [0.1, 0.15) is 12.4 Å². The second kappa shape index (κ2) is 9.65. The average Bonchev–Trinajstić information content (AvgIpc) is 3.24. The van der Waals surface area contributed by atoms with Gasteiger partial charge in [-0.05, 0) is 29.2 Å². The van der Waals surface area contributed by atoms with Crippen molar-refractivity contribution in [2.45, 2.75) is 45.1 Å². The van der Waals surface area contributed by atoms with Crippen LogP contribution in [0.2, 0.25) is 0 Å². The Labute approximate surface area is 193 Å². The molecule has 32 heavy (non-hydrogen) atoms. The molecule has 168 valence electrons. The number of fused-ring (bicyclic) bond motifs is 1. The van der Waals surface area contributed by atoms with Gasteiger partial charge < -0.3 is 4.74 Å². The van der Waals surface area contributed by atoms with E-state index in [1.54, 1.807) is 0 Å². The molecule has 0 bridgehead atoms.